The molecule has 0 heterocycles. The number of carboxylic acid groups (broad SMARTS) is 1. The molecule has 0 bridgehead atoms. The molecule has 2 atom stereocenters. The van der Waals surface area contributed by atoms with Crippen LogP contribution in [0, 0.1) is 5.92 Å². The lowest BCUT2D eigenvalue weighted by Crippen LogP contribution is -2.39. The van der Waals surface area contributed by atoms with Gasteiger partial charge in [-0.3, -0.25) is 0 Å². The second kappa shape index (κ2) is 6.86. The topological polar surface area (TPSA) is 80.6 Å². The zero-order valence-corrected chi connectivity index (χ0v) is 7.90. The second-order valence-electron chi connectivity index (χ2n) is 3.15. The van der Waals surface area contributed by atoms with Gasteiger partial charge in [0.15, 0.2) is 0 Å². The van der Waals surface area contributed by atoms with Crippen LogP contribution in [0.3, 0.4) is 0 Å². The number of aliphatic hydroxyl groups excluding tert-OH is 2. The average molecular weight is 189 g/mol. The van der Waals surface area contributed by atoms with Crippen molar-refractivity contribution in [1.29, 1.82) is 0 Å². The van der Waals surface area contributed by atoms with E-state index in [1.807, 2.05) is 6.92 Å². The number of carboxylic acids is 1. The fraction of sp³-hybridized carbons (Fsp3) is 0.889. The van der Waals surface area contributed by atoms with Gasteiger partial charge in [-0.1, -0.05) is 19.8 Å². The molecule has 4 nitrogen and oxygen atoms in total. The number of rotatable bonds is 7. The predicted molar refractivity (Wildman–Crippen MR) is 45.7 cm³/mol. The predicted octanol–water partition coefficient (Wildman–Crippen LogP) is -0.714. The van der Waals surface area contributed by atoms with E-state index < -0.39 is 18.0 Å². The third-order valence-electron chi connectivity index (χ3n) is 2.06. The first-order chi connectivity index (χ1) is 6.13. The van der Waals surface area contributed by atoms with Crippen LogP contribution in [0.4, 0.5) is 0 Å². The van der Waals surface area contributed by atoms with Gasteiger partial charge >= 0.3 is 0 Å². The Morgan fingerprint density at radius 1 is 1.46 bits per heavy atom. The lowest BCUT2D eigenvalue weighted by molar-refractivity contribution is -0.314. The molecule has 0 rings (SSSR count). The van der Waals surface area contributed by atoms with Crippen molar-refractivity contribution < 1.29 is 20.1 Å². The average Bonchev–Trinajstić information content (AvgIpc) is 2.05. The highest BCUT2D eigenvalue weighted by atomic mass is 16.4. The van der Waals surface area contributed by atoms with Crippen LogP contribution in [0.15, 0.2) is 0 Å². The van der Waals surface area contributed by atoms with Crippen LogP contribution in [-0.4, -0.2) is 28.9 Å². The molecule has 4 heteroatoms. The van der Waals surface area contributed by atoms with E-state index in [0.29, 0.717) is 6.42 Å². The fourth-order valence-corrected chi connectivity index (χ4v) is 1.22. The number of hydrogen-bond donors (Lipinski definition) is 2. The van der Waals surface area contributed by atoms with Crippen LogP contribution >= 0.6 is 0 Å². The molecule has 0 aliphatic heterocycles. The van der Waals surface area contributed by atoms with Crippen molar-refractivity contribution in [2.24, 2.45) is 5.92 Å². The molecule has 0 aromatic rings. The Balaban J connectivity index is 3.99. The van der Waals surface area contributed by atoms with Gasteiger partial charge in [-0.25, -0.2) is 0 Å². The van der Waals surface area contributed by atoms with Crippen molar-refractivity contribution in [3.05, 3.63) is 0 Å². The fourth-order valence-electron chi connectivity index (χ4n) is 1.22. The number of carbonyl (C=O) groups is 1. The summed E-state index contributed by atoms with van der Waals surface area (Å²) in [6.07, 6.45) is 1.17. The van der Waals surface area contributed by atoms with E-state index in [2.05, 4.69) is 0 Å². The molecule has 2 N–H and O–H groups in total. The highest BCUT2D eigenvalue weighted by molar-refractivity contribution is 5.68. The smallest absolute Gasteiger partial charge is 0.0642 e. The SMILES string of the molecule is CCCCC(C(=O)[O-])C(O)CCO. The number of carbonyl (C=O) groups excluding carboxylic acids is 1. The summed E-state index contributed by atoms with van der Waals surface area (Å²) in [4.78, 5) is 10.6. The number of aliphatic hydroxyl groups is 2. The molecule has 0 fully saturated rings. The minimum Gasteiger partial charge on any atom is -0.550 e. The van der Waals surface area contributed by atoms with Gasteiger partial charge in [0.25, 0.3) is 0 Å². The molecule has 2 unspecified atom stereocenters. The Morgan fingerprint density at radius 3 is 2.46 bits per heavy atom. The van der Waals surface area contributed by atoms with E-state index in [1.54, 1.807) is 0 Å². The third kappa shape index (κ3) is 4.85. The van der Waals surface area contributed by atoms with Crippen LogP contribution in [0.5, 0.6) is 0 Å². The van der Waals surface area contributed by atoms with Gasteiger partial charge in [-0.2, -0.15) is 0 Å². The third-order valence-corrected chi connectivity index (χ3v) is 2.06. The maximum atomic E-state index is 10.6. The molecule has 13 heavy (non-hydrogen) atoms. The van der Waals surface area contributed by atoms with Crippen molar-refractivity contribution in [2.45, 2.75) is 38.7 Å². The number of aliphatic carboxylic acids is 1. The van der Waals surface area contributed by atoms with Gasteiger partial charge in [0, 0.05) is 18.5 Å². The van der Waals surface area contributed by atoms with Crippen LogP contribution in [0.1, 0.15) is 32.6 Å². The summed E-state index contributed by atoms with van der Waals surface area (Å²) < 4.78 is 0. The van der Waals surface area contributed by atoms with Crippen molar-refractivity contribution in [3.63, 3.8) is 0 Å². The van der Waals surface area contributed by atoms with E-state index in [-0.39, 0.29) is 13.0 Å². The van der Waals surface area contributed by atoms with Crippen molar-refractivity contribution in [3.8, 4) is 0 Å². The second-order valence-corrected chi connectivity index (χ2v) is 3.15. The van der Waals surface area contributed by atoms with Crippen LogP contribution in [-0.2, 0) is 4.79 Å². The first-order valence-corrected chi connectivity index (χ1v) is 4.63. The highest BCUT2D eigenvalue weighted by Gasteiger charge is 2.18. The van der Waals surface area contributed by atoms with Crippen LogP contribution < -0.4 is 5.11 Å². The first-order valence-electron chi connectivity index (χ1n) is 4.63. The molecule has 0 saturated carbocycles. The van der Waals surface area contributed by atoms with Gasteiger partial charge in [0.2, 0.25) is 0 Å². The molecule has 0 aromatic heterocycles. The minimum absolute atomic E-state index is 0.0996. The Hall–Kier alpha value is -0.610. The maximum Gasteiger partial charge on any atom is 0.0642 e. The van der Waals surface area contributed by atoms with Gasteiger partial charge in [-0.15, -0.1) is 0 Å². The van der Waals surface area contributed by atoms with Gasteiger partial charge in [-0.05, 0) is 12.8 Å². The molecule has 78 valence electrons. The number of unbranched alkanes of at least 4 members (excludes halogenated alkanes) is 1. The lowest BCUT2D eigenvalue weighted by Gasteiger charge is -2.22. The molecule has 0 amide bonds. The minimum atomic E-state index is -1.23. The van der Waals surface area contributed by atoms with Crippen molar-refractivity contribution >= 4 is 5.97 Å². The molecule has 0 aromatic carbocycles. The maximum absolute atomic E-state index is 10.6. The zero-order chi connectivity index (χ0) is 10.3. The molecular weight excluding hydrogens is 172 g/mol. The Labute approximate surface area is 78.2 Å². The summed E-state index contributed by atoms with van der Waals surface area (Å²) in [6, 6.07) is 0. The standard InChI is InChI=1S/C9H18O4/c1-2-3-4-7(9(12)13)8(11)5-6-10/h7-8,10-11H,2-6H2,1H3,(H,12,13)/p-1. The van der Waals surface area contributed by atoms with E-state index in [9.17, 15) is 15.0 Å². The summed E-state index contributed by atoms with van der Waals surface area (Å²) in [5.74, 6) is -2.07. The molecule has 0 spiro atoms. The highest BCUT2D eigenvalue weighted by Crippen LogP contribution is 2.14. The van der Waals surface area contributed by atoms with Crippen molar-refractivity contribution in [2.75, 3.05) is 6.61 Å². The summed E-state index contributed by atoms with van der Waals surface area (Å²) >= 11 is 0. The molecule has 0 saturated heterocycles. The summed E-state index contributed by atoms with van der Waals surface area (Å²) in [7, 11) is 0. The largest absolute Gasteiger partial charge is 0.550 e. The van der Waals surface area contributed by atoms with Gasteiger partial charge in [0.05, 0.1) is 6.10 Å². The molecule has 0 radical (unpaired) electrons. The first kappa shape index (κ1) is 12.4. The molecule has 0 aliphatic carbocycles. The summed E-state index contributed by atoms with van der Waals surface area (Å²) in [6.45, 7) is 1.75. The molecule has 0 aliphatic rings. The van der Waals surface area contributed by atoms with Gasteiger partial charge in [0.1, 0.15) is 0 Å². The van der Waals surface area contributed by atoms with E-state index in [1.165, 1.54) is 0 Å². The summed E-state index contributed by atoms with van der Waals surface area (Å²) in [5, 5.41) is 28.4. The van der Waals surface area contributed by atoms with Crippen LogP contribution in [0.25, 0.3) is 0 Å². The van der Waals surface area contributed by atoms with E-state index in [0.717, 1.165) is 12.8 Å². The normalized spacial score (nSPS) is 15.3. The van der Waals surface area contributed by atoms with E-state index >= 15 is 0 Å². The Bertz CT molecular complexity index is 147. The van der Waals surface area contributed by atoms with Crippen LogP contribution in [0.2, 0.25) is 0 Å². The monoisotopic (exact) mass is 189 g/mol. The Morgan fingerprint density at radius 2 is 2.08 bits per heavy atom. The quantitative estimate of drug-likeness (QED) is 0.554. The number of hydrogen-bond acceptors (Lipinski definition) is 4. The van der Waals surface area contributed by atoms with Gasteiger partial charge < -0.3 is 20.1 Å². The lowest BCUT2D eigenvalue weighted by atomic mass is 9.94. The van der Waals surface area contributed by atoms with Crippen molar-refractivity contribution in [1.82, 2.24) is 0 Å². The van der Waals surface area contributed by atoms with E-state index in [4.69, 9.17) is 5.11 Å². The Kier molecular flexibility index (Phi) is 6.54. The zero-order valence-electron chi connectivity index (χ0n) is 7.90. The summed E-state index contributed by atoms with van der Waals surface area (Å²) in [5.41, 5.74) is 0. The molecular formula is C9H17O4-.